The molecule has 0 radical (unpaired) electrons. The van der Waals surface area contributed by atoms with Crippen LogP contribution >= 0.6 is 22.7 Å². The second-order valence-corrected chi connectivity index (χ2v) is 9.46. The minimum Gasteiger partial charge on any atom is -0.337 e. The van der Waals surface area contributed by atoms with Gasteiger partial charge in [0.1, 0.15) is 5.82 Å². The summed E-state index contributed by atoms with van der Waals surface area (Å²) in [6.45, 7) is 1.96. The average molecular weight is 439 g/mol. The quantitative estimate of drug-likeness (QED) is 0.429. The lowest BCUT2D eigenvalue weighted by molar-refractivity contribution is 0.0718. The van der Waals surface area contributed by atoms with Gasteiger partial charge >= 0.3 is 0 Å². The van der Waals surface area contributed by atoms with Crippen molar-refractivity contribution in [2.24, 2.45) is 0 Å². The van der Waals surface area contributed by atoms with Gasteiger partial charge in [-0.1, -0.05) is 30.3 Å². The Kier molecular flexibility index (Phi) is 5.00. The zero-order valence-corrected chi connectivity index (χ0v) is 17.8. The van der Waals surface area contributed by atoms with E-state index in [0.29, 0.717) is 32.6 Å². The van der Waals surface area contributed by atoms with Crippen molar-refractivity contribution >= 4 is 54.0 Å². The minimum absolute atomic E-state index is 0.00710. The van der Waals surface area contributed by atoms with E-state index in [1.165, 1.54) is 33.6 Å². The number of halogens is 1. The summed E-state index contributed by atoms with van der Waals surface area (Å²) in [6, 6.07) is 16.3. The summed E-state index contributed by atoms with van der Waals surface area (Å²) in [4.78, 5) is 30.0. The van der Waals surface area contributed by atoms with Crippen LogP contribution < -0.4 is 0 Å². The fraction of sp³-hybridized carbons (Fsp3) is 0.217. The molecule has 30 heavy (non-hydrogen) atoms. The molecule has 1 fully saturated rings. The van der Waals surface area contributed by atoms with Crippen LogP contribution in [0.5, 0.6) is 0 Å². The number of hydrogen-bond acceptors (Lipinski definition) is 4. The molecule has 1 saturated heterocycles. The maximum atomic E-state index is 14.0. The van der Waals surface area contributed by atoms with Crippen molar-refractivity contribution in [3.8, 4) is 0 Å². The highest BCUT2D eigenvalue weighted by atomic mass is 32.1. The van der Waals surface area contributed by atoms with E-state index in [9.17, 15) is 14.0 Å². The third-order valence-electron chi connectivity index (χ3n) is 5.43. The lowest BCUT2D eigenvalue weighted by Gasteiger charge is -2.22. The highest BCUT2D eigenvalue weighted by Crippen LogP contribution is 2.39. The van der Waals surface area contributed by atoms with Crippen LogP contribution in [0, 0.1) is 5.82 Å². The number of benzene rings is 2. The van der Waals surface area contributed by atoms with Crippen LogP contribution in [0.3, 0.4) is 0 Å². The van der Waals surface area contributed by atoms with Crippen molar-refractivity contribution in [2.75, 3.05) is 26.2 Å². The summed E-state index contributed by atoms with van der Waals surface area (Å²) < 4.78 is 17.5. The average Bonchev–Trinajstić information content (AvgIpc) is 3.21. The van der Waals surface area contributed by atoms with E-state index in [1.54, 1.807) is 28.4 Å². The van der Waals surface area contributed by atoms with Crippen LogP contribution in [0.25, 0.3) is 19.5 Å². The molecule has 0 saturated carbocycles. The molecule has 5 rings (SSSR count). The van der Waals surface area contributed by atoms with Crippen molar-refractivity contribution in [3.05, 3.63) is 70.9 Å². The first-order valence-electron chi connectivity index (χ1n) is 9.86. The van der Waals surface area contributed by atoms with E-state index in [2.05, 4.69) is 12.1 Å². The lowest BCUT2D eigenvalue weighted by Crippen LogP contribution is -2.37. The van der Waals surface area contributed by atoms with Crippen LogP contribution in [0.15, 0.2) is 54.6 Å². The Hall–Kier alpha value is -2.77. The Morgan fingerprint density at radius 3 is 2.30 bits per heavy atom. The summed E-state index contributed by atoms with van der Waals surface area (Å²) in [6.07, 6.45) is 0.675. The van der Waals surface area contributed by atoms with Gasteiger partial charge in [-0.25, -0.2) is 4.39 Å². The summed E-state index contributed by atoms with van der Waals surface area (Å²) in [5.41, 5.74) is 0.0858. The molecule has 2 amide bonds. The van der Waals surface area contributed by atoms with Gasteiger partial charge in [0.2, 0.25) is 0 Å². The van der Waals surface area contributed by atoms with Crippen LogP contribution in [-0.2, 0) is 0 Å². The van der Waals surface area contributed by atoms with Crippen LogP contribution in [0.4, 0.5) is 4.39 Å². The molecule has 1 aliphatic rings. The van der Waals surface area contributed by atoms with Gasteiger partial charge < -0.3 is 9.80 Å². The molecule has 0 bridgehead atoms. The van der Waals surface area contributed by atoms with Gasteiger partial charge in [-0.3, -0.25) is 9.59 Å². The molecule has 3 heterocycles. The summed E-state index contributed by atoms with van der Waals surface area (Å²) in [7, 11) is 0. The van der Waals surface area contributed by atoms with Crippen molar-refractivity contribution in [1.29, 1.82) is 0 Å². The van der Waals surface area contributed by atoms with Crippen LogP contribution in [0.2, 0.25) is 0 Å². The molecule has 7 heteroatoms. The SMILES string of the molecule is O=C(c1cc2sc3ccccc3c2s1)N1CCCN(C(=O)c2ccccc2F)CC1. The molecule has 0 spiro atoms. The fourth-order valence-corrected chi connectivity index (χ4v) is 6.38. The topological polar surface area (TPSA) is 40.6 Å². The molecule has 4 aromatic rings. The zero-order chi connectivity index (χ0) is 20.7. The Bertz CT molecular complexity index is 1260. The van der Waals surface area contributed by atoms with Crippen molar-refractivity contribution in [3.63, 3.8) is 0 Å². The number of hydrogen-bond donors (Lipinski definition) is 0. The number of thiophene rings is 2. The van der Waals surface area contributed by atoms with E-state index in [1.807, 2.05) is 23.1 Å². The van der Waals surface area contributed by atoms with E-state index < -0.39 is 5.82 Å². The lowest BCUT2D eigenvalue weighted by atomic mass is 10.2. The molecule has 1 aliphatic heterocycles. The van der Waals surface area contributed by atoms with Gasteiger partial charge in [0.25, 0.3) is 11.8 Å². The largest absolute Gasteiger partial charge is 0.337 e. The third kappa shape index (κ3) is 3.38. The normalized spacial score (nSPS) is 15.0. The van der Waals surface area contributed by atoms with Gasteiger partial charge in [-0.2, -0.15) is 0 Å². The second kappa shape index (κ2) is 7.81. The monoisotopic (exact) mass is 438 g/mol. The number of carbonyl (C=O) groups excluding carboxylic acids is 2. The Morgan fingerprint density at radius 2 is 1.50 bits per heavy atom. The molecule has 152 valence electrons. The summed E-state index contributed by atoms with van der Waals surface area (Å²) in [5.74, 6) is -0.816. The van der Waals surface area contributed by atoms with Crippen molar-refractivity contribution in [1.82, 2.24) is 9.80 Å². The molecule has 0 N–H and O–H groups in total. The van der Waals surface area contributed by atoms with E-state index in [4.69, 9.17) is 0 Å². The number of rotatable bonds is 2. The van der Waals surface area contributed by atoms with Crippen molar-refractivity contribution in [2.45, 2.75) is 6.42 Å². The smallest absolute Gasteiger partial charge is 0.264 e. The Labute approximate surface area is 181 Å². The summed E-state index contributed by atoms with van der Waals surface area (Å²) >= 11 is 3.24. The third-order valence-corrected chi connectivity index (χ3v) is 7.84. The fourth-order valence-electron chi connectivity index (χ4n) is 3.89. The number of carbonyl (C=O) groups is 2. The molecule has 2 aromatic carbocycles. The van der Waals surface area contributed by atoms with E-state index in [-0.39, 0.29) is 17.4 Å². The van der Waals surface area contributed by atoms with Gasteiger partial charge in [-0.05, 0) is 30.7 Å². The molecular formula is C23H19FN2O2S2. The Balaban J connectivity index is 1.33. The maximum absolute atomic E-state index is 14.0. The van der Waals surface area contributed by atoms with Crippen LogP contribution in [0.1, 0.15) is 26.5 Å². The predicted octanol–water partition coefficient (Wildman–Crippen LogP) is 5.24. The Morgan fingerprint density at radius 1 is 0.800 bits per heavy atom. The molecule has 0 atom stereocenters. The zero-order valence-electron chi connectivity index (χ0n) is 16.1. The molecule has 0 aliphatic carbocycles. The van der Waals surface area contributed by atoms with Crippen LogP contribution in [-0.4, -0.2) is 47.8 Å². The molecule has 4 nitrogen and oxygen atoms in total. The van der Waals surface area contributed by atoms with E-state index >= 15 is 0 Å². The first kappa shape index (κ1) is 19.2. The van der Waals surface area contributed by atoms with Gasteiger partial charge in [0.05, 0.1) is 15.1 Å². The van der Waals surface area contributed by atoms with E-state index in [0.717, 1.165) is 14.3 Å². The van der Waals surface area contributed by atoms with Crippen molar-refractivity contribution < 1.29 is 14.0 Å². The molecule has 2 aromatic heterocycles. The number of fused-ring (bicyclic) bond motifs is 3. The van der Waals surface area contributed by atoms with Gasteiger partial charge in [0.15, 0.2) is 0 Å². The first-order valence-corrected chi connectivity index (χ1v) is 11.5. The minimum atomic E-state index is -0.509. The predicted molar refractivity (Wildman–Crippen MR) is 120 cm³/mol. The first-order chi connectivity index (χ1) is 14.6. The van der Waals surface area contributed by atoms with Gasteiger partial charge in [0, 0.05) is 41.0 Å². The molecule has 0 unspecified atom stereocenters. The number of amides is 2. The highest BCUT2D eigenvalue weighted by Gasteiger charge is 2.26. The number of nitrogens with zero attached hydrogens (tertiary/aromatic N) is 2. The summed E-state index contributed by atoms with van der Waals surface area (Å²) in [5, 5.41) is 1.19. The standard InChI is InChI=1S/C23H19FN2O2S2/c24-17-8-3-1-6-15(17)22(27)25-10-5-11-26(13-12-25)23(28)20-14-19-21(30-20)16-7-2-4-9-18(16)29-19/h1-4,6-9,14H,5,10-13H2. The highest BCUT2D eigenvalue weighted by molar-refractivity contribution is 7.33. The molecular weight excluding hydrogens is 419 g/mol. The van der Waals surface area contributed by atoms with Gasteiger partial charge in [-0.15, -0.1) is 22.7 Å². The second-order valence-electron chi connectivity index (χ2n) is 7.32. The maximum Gasteiger partial charge on any atom is 0.264 e.